The van der Waals surface area contributed by atoms with Crippen LogP contribution in [0.4, 0.5) is 5.69 Å². The number of nitrogens with one attached hydrogen (secondary N) is 1. The van der Waals surface area contributed by atoms with Crippen LogP contribution in [0.1, 0.15) is 25.3 Å². The van der Waals surface area contributed by atoms with Crippen molar-refractivity contribution in [2.45, 2.75) is 32.2 Å². The lowest BCUT2D eigenvalue weighted by Gasteiger charge is -2.32. The molecule has 0 radical (unpaired) electrons. The molecule has 3 rings (SSSR count). The summed E-state index contributed by atoms with van der Waals surface area (Å²) in [6.07, 6.45) is 2.59. The van der Waals surface area contributed by atoms with E-state index in [9.17, 15) is 4.79 Å². The van der Waals surface area contributed by atoms with Crippen molar-refractivity contribution in [2.75, 3.05) is 24.6 Å². The summed E-state index contributed by atoms with van der Waals surface area (Å²) in [4.78, 5) is 14.3. The summed E-state index contributed by atoms with van der Waals surface area (Å²) < 4.78 is 5.51. The first-order valence-electron chi connectivity index (χ1n) is 7.08. The van der Waals surface area contributed by atoms with E-state index in [2.05, 4.69) is 5.32 Å². The molecule has 1 aromatic carbocycles. The molecule has 0 saturated carbocycles. The lowest BCUT2D eigenvalue weighted by molar-refractivity contribution is -0.117. The molecular formula is C15H20N2O2. The van der Waals surface area contributed by atoms with Crippen LogP contribution in [0.5, 0.6) is 5.75 Å². The molecule has 0 aliphatic carbocycles. The van der Waals surface area contributed by atoms with Gasteiger partial charge in [0, 0.05) is 11.7 Å². The van der Waals surface area contributed by atoms with E-state index in [1.807, 2.05) is 30.0 Å². The Bertz CT molecular complexity index is 481. The molecule has 0 spiro atoms. The van der Waals surface area contributed by atoms with Gasteiger partial charge in [0.25, 0.3) is 0 Å². The Labute approximate surface area is 113 Å². The number of fused-ring (bicyclic) bond motifs is 1. The van der Waals surface area contributed by atoms with E-state index in [1.165, 1.54) is 0 Å². The van der Waals surface area contributed by atoms with Crippen molar-refractivity contribution in [1.82, 2.24) is 5.32 Å². The summed E-state index contributed by atoms with van der Waals surface area (Å²) in [7, 11) is 0. The largest absolute Gasteiger partial charge is 0.494 e. The van der Waals surface area contributed by atoms with E-state index in [0.717, 1.165) is 42.9 Å². The van der Waals surface area contributed by atoms with E-state index in [0.29, 0.717) is 19.1 Å². The summed E-state index contributed by atoms with van der Waals surface area (Å²) in [6.45, 7) is 4.63. The molecule has 1 aromatic rings. The molecule has 1 saturated heterocycles. The van der Waals surface area contributed by atoms with Gasteiger partial charge in [0.1, 0.15) is 5.75 Å². The maximum atomic E-state index is 12.3. The molecule has 1 amide bonds. The lowest BCUT2D eigenvalue weighted by Crippen LogP contribution is -2.44. The molecule has 0 atom stereocenters. The zero-order valence-corrected chi connectivity index (χ0v) is 11.3. The standard InChI is InChI=1S/C15H20N2O2/c1-2-19-13-3-4-14-11(9-13)10-15(18)17(14)12-5-7-16-8-6-12/h3-4,9,12,16H,2,5-8,10H2,1H3. The molecule has 4 nitrogen and oxygen atoms in total. The number of anilines is 1. The van der Waals surface area contributed by atoms with Crippen LogP contribution in [0, 0.1) is 0 Å². The minimum Gasteiger partial charge on any atom is -0.494 e. The van der Waals surface area contributed by atoms with Crippen LogP contribution in [-0.4, -0.2) is 31.6 Å². The van der Waals surface area contributed by atoms with Crippen LogP contribution in [0.2, 0.25) is 0 Å². The molecule has 102 valence electrons. The number of carbonyl (C=O) groups is 1. The van der Waals surface area contributed by atoms with E-state index < -0.39 is 0 Å². The van der Waals surface area contributed by atoms with Crippen molar-refractivity contribution in [3.63, 3.8) is 0 Å². The summed E-state index contributed by atoms with van der Waals surface area (Å²) in [5.41, 5.74) is 2.19. The van der Waals surface area contributed by atoms with Crippen LogP contribution in [0.25, 0.3) is 0 Å². The Kier molecular flexibility index (Phi) is 3.42. The number of amides is 1. The number of carbonyl (C=O) groups excluding carboxylic acids is 1. The average molecular weight is 260 g/mol. The Morgan fingerprint density at radius 2 is 2.16 bits per heavy atom. The number of piperidine rings is 1. The highest BCUT2D eigenvalue weighted by molar-refractivity contribution is 6.02. The Balaban J connectivity index is 1.86. The molecule has 0 bridgehead atoms. The molecule has 19 heavy (non-hydrogen) atoms. The summed E-state index contributed by atoms with van der Waals surface area (Å²) in [6, 6.07) is 6.37. The van der Waals surface area contributed by atoms with Gasteiger partial charge in [-0.25, -0.2) is 0 Å². The quantitative estimate of drug-likeness (QED) is 0.900. The van der Waals surface area contributed by atoms with Gasteiger partial charge in [0.2, 0.25) is 5.91 Å². The molecule has 2 heterocycles. The third kappa shape index (κ3) is 2.32. The number of hydrogen-bond acceptors (Lipinski definition) is 3. The monoisotopic (exact) mass is 260 g/mol. The molecule has 2 aliphatic rings. The third-order valence-corrected chi connectivity index (χ3v) is 3.91. The van der Waals surface area contributed by atoms with Gasteiger partial charge in [0.05, 0.1) is 13.0 Å². The maximum Gasteiger partial charge on any atom is 0.231 e. The number of hydrogen-bond donors (Lipinski definition) is 1. The molecule has 2 aliphatic heterocycles. The highest BCUT2D eigenvalue weighted by atomic mass is 16.5. The van der Waals surface area contributed by atoms with Gasteiger partial charge in [0.15, 0.2) is 0 Å². The van der Waals surface area contributed by atoms with Gasteiger partial charge >= 0.3 is 0 Å². The predicted octanol–water partition coefficient (Wildman–Crippen LogP) is 1.73. The smallest absolute Gasteiger partial charge is 0.231 e. The average Bonchev–Trinajstić information content (AvgIpc) is 2.75. The number of ether oxygens (including phenoxy) is 1. The maximum absolute atomic E-state index is 12.3. The van der Waals surface area contributed by atoms with Crippen molar-refractivity contribution in [3.8, 4) is 5.75 Å². The van der Waals surface area contributed by atoms with Crippen molar-refractivity contribution in [2.24, 2.45) is 0 Å². The van der Waals surface area contributed by atoms with Crippen LogP contribution in [0.3, 0.4) is 0 Å². The van der Waals surface area contributed by atoms with Crippen LogP contribution in [-0.2, 0) is 11.2 Å². The normalized spacial score (nSPS) is 19.6. The molecule has 0 aromatic heterocycles. The molecule has 1 fully saturated rings. The van der Waals surface area contributed by atoms with Crippen molar-refractivity contribution in [1.29, 1.82) is 0 Å². The SMILES string of the molecule is CCOc1ccc2c(c1)CC(=O)N2C1CCNCC1. The van der Waals surface area contributed by atoms with Crippen molar-refractivity contribution in [3.05, 3.63) is 23.8 Å². The number of nitrogens with zero attached hydrogens (tertiary/aromatic N) is 1. The highest BCUT2D eigenvalue weighted by Crippen LogP contribution is 2.35. The Morgan fingerprint density at radius 3 is 2.89 bits per heavy atom. The van der Waals surface area contributed by atoms with Crippen LogP contribution < -0.4 is 15.0 Å². The zero-order chi connectivity index (χ0) is 13.2. The van der Waals surface area contributed by atoms with Gasteiger partial charge in [-0.2, -0.15) is 0 Å². The summed E-state index contributed by atoms with van der Waals surface area (Å²) >= 11 is 0. The van der Waals surface area contributed by atoms with Crippen molar-refractivity contribution >= 4 is 11.6 Å². The Hall–Kier alpha value is -1.55. The van der Waals surface area contributed by atoms with E-state index in [-0.39, 0.29) is 5.91 Å². The van der Waals surface area contributed by atoms with Crippen LogP contribution in [0.15, 0.2) is 18.2 Å². The van der Waals surface area contributed by atoms with E-state index in [1.54, 1.807) is 0 Å². The molecule has 0 unspecified atom stereocenters. The van der Waals surface area contributed by atoms with Gasteiger partial charge in [-0.1, -0.05) is 0 Å². The molecule has 1 N–H and O–H groups in total. The second kappa shape index (κ2) is 5.21. The molecular weight excluding hydrogens is 240 g/mol. The predicted molar refractivity (Wildman–Crippen MR) is 74.7 cm³/mol. The van der Waals surface area contributed by atoms with Gasteiger partial charge in [-0.3, -0.25) is 4.79 Å². The first-order chi connectivity index (χ1) is 9.29. The fourth-order valence-electron chi connectivity index (χ4n) is 3.04. The van der Waals surface area contributed by atoms with Gasteiger partial charge in [-0.15, -0.1) is 0 Å². The molecule has 4 heteroatoms. The zero-order valence-electron chi connectivity index (χ0n) is 11.3. The fourth-order valence-corrected chi connectivity index (χ4v) is 3.04. The lowest BCUT2D eigenvalue weighted by atomic mass is 10.0. The Morgan fingerprint density at radius 1 is 1.37 bits per heavy atom. The van der Waals surface area contributed by atoms with E-state index in [4.69, 9.17) is 4.74 Å². The van der Waals surface area contributed by atoms with Gasteiger partial charge in [-0.05, 0) is 56.6 Å². The summed E-state index contributed by atoms with van der Waals surface area (Å²) in [5, 5.41) is 3.34. The van der Waals surface area contributed by atoms with Crippen LogP contribution >= 0.6 is 0 Å². The van der Waals surface area contributed by atoms with Gasteiger partial charge < -0.3 is 15.0 Å². The second-order valence-electron chi connectivity index (χ2n) is 5.15. The number of rotatable bonds is 3. The minimum atomic E-state index is 0.232. The second-order valence-corrected chi connectivity index (χ2v) is 5.15. The topological polar surface area (TPSA) is 41.6 Å². The third-order valence-electron chi connectivity index (χ3n) is 3.91. The van der Waals surface area contributed by atoms with Crippen molar-refractivity contribution < 1.29 is 9.53 Å². The first-order valence-corrected chi connectivity index (χ1v) is 7.08. The summed E-state index contributed by atoms with van der Waals surface area (Å²) in [5.74, 6) is 1.09. The highest BCUT2D eigenvalue weighted by Gasteiger charge is 2.33. The minimum absolute atomic E-state index is 0.232. The first kappa shape index (κ1) is 12.5. The van der Waals surface area contributed by atoms with E-state index >= 15 is 0 Å². The number of benzene rings is 1. The fraction of sp³-hybridized carbons (Fsp3) is 0.533.